The zero-order valence-electron chi connectivity index (χ0n) is 15.8. The van der Waals surface area contributed by atoms with Crippen LogP contribution in [-0.2, 0) is 13.0 Å². The molecule has 0 aliphatic carbocycles. The SMILES string of the molecule is CN=C(NCCc1ncc(C)s1)NCc1ccc(-c2ccc(OC)cc2)s1. The Labute approximate surface area is 168 Å². The first kappa shape index (κ1) is 19.4. The molecule has 0 spiro atoms. The molecule has 0 aliphatic heterocycles. The maximum absolute atomic E-state index is 5.22. The number of guanidine groups is 1. The van der Waals surface area contributed by atoms with Crippen LogP contribution >= 0.6 is 22.7 Å². The van der Waals surface area contributed by atoms with Crippen molar-refractivity contribution in [3.8, 4) is 16.2 Å². The molecule has 0 saturated heterocycles. The van der Waals surface area contributed by atoms with E-state index in [2.05, 4.69) is 51.8 Å². The van der Waals surface area contributed by atoms with Crippen LogP contribution in [0.15, 0.2) is 47.6 Å². The Bertz CT molecular complexity index is 884. The predicted octanol–water partition coefficient (Wildman–Crippen LogP) is 4.10. The second-order valence-corrected chi connectivity index (χ2v) is 8.45. The summed E-state index contributed by atoms with van der Waals surface area (Å²) >= 11 is 3.52. The standard InChI is InChI=1S/C20H24N4OS2/c1-14-12-23-19(26-14)10-11-22-20(21-2)24-13-17-8-9-18(27-17)15-4-6-16(25-3)7-5-15/h4-9,12H,10-11,13H2,1-3H3,(H2,21,22,24). The maximum Gasteiger partial charge on any atom is 0.191 e. The largest absolute Gasteiger partial charge is 0.497 e. The van der Waals surface area contributed by atoms with Crippen molar-refractivity contribution in [2.75, 3.05) is 20.7 Å². The number of benzene rings is 1. The molecular formula is C20H24N4OS2. The van der Waals surface area contributed by atoms with Crippen LogP contribution in [0.2, 0.25) is 0 Å². The van der Waals surface area contributed by atoms with Gasteiger partial charge in [0.25, 0.3) is 0 Å². The van der Waals surface area contributed by atoms with Gasteiger partial charge in [-0.2, -0.15) is 0 Å². The monoisotopic (exact) mass is 400 g/mol. The number of thiophene rings is 1. The Morgan fingerprint density at radius 2 is 1.93 bits per heavy atom. The van der Waals surface area contributed by atoms with E-state index in [4.69, 9.17) is 4.74 Å². The summed E-state index contributed by atoms with van der Waals surface area (Å²) in [5, 5.41) is 7.87. The van der Waals surface area contributed by atoms with E-state index in [-0.39, 0.29) is 0 Å². The Hall–Kier alpha value is -2.38. The topological polar surface area (TPSA) is 58.5 Å². The van der Waals surface area contributed by atoms with Crippen molar-refractivity contribution in [1.29, 1.82) is 0 Å². The minimum atomic E-state index is 0.747. The Morgan fingerprint density at radius 1 is 1.11 bits per heavy atom. The number of aliphatic imine (C=N–C) groups is 1. The molecule has 0 unspecified atom stereocenters. The van der Waals surface area contributed by atoms with Crippen molar-refractivity contribution >= 4 is 28.6 Å². The third-order valence-electron chi connectivity index (χ3n) is 3.99. The van der Waals surface area contributed by atoms with E-state index in [0.29, 0.717) is 0 Å². The summed E-state index contributed by atoms with van der Waals surface area (Å²) in [5.41, 5.74) is 1.20. The van der Waals surface area contributed by atoms with Gasteiger partial charge in [-0.1, -0.05) is 0 Å². The van der Waals surface area contributed by atoms with Gasteiger partial charge in [0, 0.05) is 40.8 Å². The number of methoxy groups -OCH3 is 1. The molecule has 0 radical (unpaired) electrons. The molecule has 0 fully saturated rings. The van der Waals surface area contributed by atoms with Crippen LogP contribution in [0.4, 0.5) is 0 Å². The van der Waals surface area contributed by atoms with Crippen LogP contribution in [0.5, 0.6) is 5.75 Å². The van der Waals surface area contributed by atoms with Crippen LogP contribution in [0.3, 0.4) is 0 Å². The van der Waals surface area contributed by atoms with Crippen LogP contribution < -0.4 is 15.4 Å². The summed E-state index contributed by atoms with van der Waals surface area (Å²) < 4.78 is 5.22. The number of nitrogens with zero attached hydrogens (tertiary/aromatic N) is 2. The predicted molar refractivity (Wildman–Crippen MR) is 115 cm³/mol. The van der Waals surface area contributed by atoms with Gasteiger partial charge in [-0.05, 0) is 48.9 Å². The van der Waals surface area contributed by atoms with Crippen LogP contribution in [0.1, 0.15) is 14.8 Å². The zero-order chi connectivity index (χ0) is 19.1. The molecule has 0 bridgehead atoms. The summed E-state index contributed by atoms with van der Waals surface area (Å²) in [6.07, 6.45) is 2.82. The highest BCUT2D eigenvalue weighted by Crippen LogP contribution is 2.29. The summed E-state index contributed by atoms with van der Waals surface area (Å²) in [6.45, 7) is 3.64. The fourth-order valence-electron chi connectivity index (χ4n) is 2.58. The molecule has 2 heterocycles. The highest BCUT2D eigenvalue weighted by molar-refractivity contribution is 7.15. The van der Waals surface area contributed by atoms with Crippen LogP contribution in [0, 0.1) is 6.92 Å². The summed E-state index contributed by atoms with van der Waals surface area (Å²) in [5.74, 6) is 1.68. The lowest BCUT2D eigenvalue weighted by Gasteiger charge is -2.10. The molecule has 0 atom stereocenters. The van der Waals surface area contributed by atoms with Gasteiger partial charge in [0.05, 0.1) is 18.7 Å². The number of hydrogen-bond acceptors (Lipinski definition) is 5. The van der Waals surface area contributed by atoms with Crippen LogP contribution in [0.25, 0.3) is 10.4 Å². The molecule has 27 heavy (non-hydrogen) atoms. The summed E-state index contributed by atoms with van der Waals surface area (Å²) in [4.78, 5) is 12.4. The lowest BCUT2D eigenvalue weighted by Crippen LogP contribution is -2.37. The average molecular weight is 401 g/mol. The van der Waals surface area contributed by atoms with Crippen molar-refractivity contribution in [2.24, 2.45) is 4.99 Å². The first-order valence-electron chi connectivity index (χ1n) is 8.77. The smallest absolute Gasteiger partial charge is 0.191 e. The van der Waals surface area contributed by atoms with Gasteiger partial charge in [0.2, 0.25) is 0 Å². The van der Waals surface area contributed by atoms with E-state index in [1.54, 1.807) is 36.8 Å². The van der Waals surface area contributed by atoms with Gasteiger partial charge in [0.1, 0.15) is 5.75 Å². The molecule has 3 rings (SSSR count). The molecule has 0 saturated carbocycles. The van der Waals surface area contributed by atoms with Crippen molar-refractivity contribution in [1.82, 2.24) is 15.6 Å². The molecule has 2 aromatic heterocycles. The number of rotatable bonds is 7. The average Bonchev–Trinajstić information content (AvgIpc) is 3.33. The van der Waals surface area contributed by atoms with Gasteiger partial charge in [-0.15, -0.1) is 22.7 Å². The van der Waals surface area contributed by atoms with E-state index in [1.807, 2.05) is 18.3 Å². The van der Waals surface area contributed by atoms with E-state index >= 15 is 0 Å². The van der Waals surface area contributed by atoms with Gasteiger partial charge in [0.15, 0.2) is 5.96 Å². The quantitative estimate of drug-likeness (QED) is 0.463. The van der Waals surface area contributed by atoms with E-state index in [1.165, 1.54) is 20.2 Å². The molecule has 0 aliphatic rings. The van der Waals surface area contributed by atoms with E-state index in [9.17, 15) is 0 Å². The highest BCUT2D eigenvalue weighted by Gasteiger charge is 2.05. The number of nitrogens with one attached hydrogen (secondary N) is 2. The molecule has 7 heteroatoms. The first-order chi connectivity index (χ1) is 13.2. The number of ether oxygens (including phenoxy) is 1. The van der Waals surface area contributed by atoms with Gasteiger partial charge < -0.3 is 15.4 Å². The number of aromatic nitrogens is 1. The first-order valence-corrected chi connectivity index (χ1v) is 10.4. The number of aryl methyl sites for hydroxylation is 1. The molecule has 1 aromatic carbocycles. The van der Waals surface area contributed by atoms with Gasteiger partial charge in [-0.3, -0.25) is 4.99 Å². The summed E-state index contributed by atoms with van der Waals surface area (Å²) in [6, 6.07) is 12.5. The minimum absolute atomic E-state index is 0.747. The molecular weight excluding hydrogens is 376 g/mol. The zero-order valence-corrected chi connectivity index (χ0v) is 17.4. The van der Waals surface area contributed by atoms with E-state index in [0.717, 1.165) is 36.2 Å². The number of thiazole rings is 1. The lowest BCUT2D eigenvalue weighted by atomic mass is 10.2. The van der Waals surface area contributed by atoms with Crippen molar-refractivity contribution < 1.29 is 4.74 Å². The second-order valence-electron chi connectivity index (χ2n) is 5.96. The normalized spacial score (nSPS) is 11.4. The Morgan fingerprint density at radius 3 is 2.59 bits per heavy atom. The third-order valence-corrected chi connectivity index (χ3v) is 6.10. The van der Waals surface area contributed by atoms with Gasteiger partial charge in [-0.25, -0.2) is 4.98 Å². The molecule has 5 nitrogen and oxygen atoms in total. The summed E-state index contributed by atoms with van der Waals surface area (Å²) in [7, 11) is 3.48. The molecule has 0 amide bonds. The number of hydrogen-bond donors (Lipinski definition) is 2. The minimum Gasteiger partial charge on any atom is -0.497 e. The fraction of sp³-hybridized carbons (Fsp3) is 0.300. The second kappa shape index (κ2) is 9.53. The third kappa shape index (κ3) is 5.55. The van der Waals surface area contributed by atoms with Crippen molar-refractivity contribution in [3.05, 3.63) is 57.4 Å². The molecule has 3 aromatic rings. The Balaban J connectivity index is 1.48. The van der Waals surface area contributed by atoms with Crippen molar-refractivity contribution in [2.45, 2.75) is 19.9 Å². The fourth-order valence-corrected chi connectivity index (χ4v) is 4.32. The molecule has 2 N–H and O–H groups in total. The van der Waals surface area contributed by atoms with E-state index < -0.39 is 0 Å². The Kier molecular flexibility index (Phi) is 6.84. The maximum atomic E-state index is 5.22. The van der Waals surface area contributed by atoms with Crippen LogP contribution in [-0.4, -0.2) is 31.6 Å². The van der Waals surface area contributed by atoms with Gasteiger partial charge >= 0.3 is 0 Å². The highest BCUT2D eigenvalue weighted by atomic mass is 32.1. The molecule has 142 valence electrons. The lowest BCUT2D eigenvalue weighted by molar-refractivity contribution is 0.415. The van der Waals surface area contributed by atoms with Crippen molar-refractivity contribution in [3.63, 3.8) is 0 Å².